The third-order valence-corrected chi connectivity index (χ3v) is 4.34. The molecule has 5 heteroatoms. The summed E-state index contributed by atoms with van der Waals surface area (Å²) in [4.78, 5) is 17.1. The molecule has 2 aromatic heterocycles. The molecule has 0 saturated heterocycles. The van der Waals surface area contributed by atoms with Crippen LogP contribution in [0.5, 0.6) is 0 Å². The molecule has 0 aliphatic carbocycles. The van der Waals surface area contributed by atoms with Crippen LogP contribution in [-0.2, 0) is 13.1 Å². The summed E-state index contributed by atoms with van der Waals surface area (Å²) < 4.78 is 1.92. The number of aryl methyl sites for hydroxylation is 1. The van der Waals surface area contributed by atoms with Crippen molar-refractivity contribution in [1.82, 2.24) is 9.38 Å². The number of hydrogen-bond donors (Lipinski definition) is 1. The fourth-order valence-electron chi connectivity index (χ4n) is 3.09. The van der Waals surface area contributed by atoms with Gasteiger partial charge >= 0.3 is 0 Å². The lowest BCUT2D eigenvalue weighted by atomic mass is 10.2. The lowest BCUT2D eigenvalue weighted by Crippen LogP contribution is -3.09. The largest absolute Gasteiger partial charge is 0.543 e. The van der Waals surface area contributed by atoms with E-state index >= 15 is 0 Å². The van der Waals surface area contributed by atoms with Crippen molar-refractivity contribution in [3.8, 4) is 0 Å². The molecular formula is C19H21N3O2. The van der Waals surface area contributed by atoms with Gasteiger partial charge in [0.05, 0.1) is 12.5 Å². The van der Waals surface area contributed by atoms with Crippen LogP contribution in [0, 0.1) is 6.92 Å². The van der Waals surface area contributed by atoms with E-state index < -0.39 is 5.97 Å². The van der Waals surface area contributed by atoms with Crippen LogP contribution in [0.3, 0.4) is 0 Å². The Labute approximate surface area is 141 Å². The fraction of sp³-hybridized carbons (Fsp3) is 0.263. The molecular weight excluding hydrogens is 302 g/mol. The molecule has 1 N–H and O–H groups in total. The smallest absolute Gasteiger partial charge is 0.138 e. The predicted octanol–water partition coefficient (Wildman–Crippen LogP) is 0.611. The number of carboxylic acids is 1. The Morgan fingerprint density at radius 1 is 1.12 bits per heavy atom. The Bertz CT molecular complexity index is 856. The van der Waals surface area contributed by atoms with Crippen molar-refractivity contribution in [1.29, 1.82) is 0 Å². The first-order valence-electron chi connectivity index (χ1n) is 8.16. The predicted molar refractivity (Wildman–Crippen MR) is 89.6 cm³/mol. The molecule has 3 rings (SSSR count). The van der Waals surface area contributed by atoms with E-state index in [2.05, 4.69) is 24.0 Å². The van der Waals surface area contributed by atoms with E-state index in [4.69, 9.17) is 0 Å². The Balaban J connectivity index is 1.98. The second-order valence-corrected chi connectivity index (χ2v) is 6.00. The molecule has 3 aromatic rings. The number of carboxylic acid groups (broad SMARTS) is 1. The van der Waals surface area contributed by atoms with Crippen LogP contribution in [0.25, 0.3) is 5.65 Å². The van der Waals surface area contributed by atoms with Gasteiger partial charge in [-0.15, -0.1) is 0 Å². The Hall–Kier alpha value is -2.66. The zero-order valence-electron chi connectivity index (χ0n) is 14.0. The number of carbonyl (C=O) groups excluding carboxylic acids is 1. The van der Waals surface area contributed by atoms with Crippen LogP contribution >= 0.6 is 0 Å². The number of carbonyl (C=O) groups is 1. The van der Waals surface area contributed by atoms with E-state index in [1.54, 1.807) is 0 Å². The Morgan fingerprint density at radius 2 is 1.88 bits per heavy atom. The highest BCUT2D eigenvalue weighted by Gasteiger charge is 2.19. The highest BCUT2D eigenvalue weighted by molar-refractivity contribution is 5.86. The minimum atomic E-state index is -1.22. The van der Waals surface area contributed by atoms with Crippen LogP contribution in [0.1, 0.15) is 34.4 Å². The van der Waals surface area contributed by atoms with Crippen LogP contribution < -0.4 is 10.0 Å². The Morgan fingerprint density at radius 3 is 2.54 bits per heavy atom. The van der Waals surface area contributed by atoms with E-state index in [0.29, 0.717) is 17.9 Å². The number of nitrogens with zero attached hydrogens (tertiary/aromatic N) is 2. The molecule has 0 aliphatic heterocycles. The zero-order chi connectivity index (χ0) is 17.1. The maximum Gasteiger partial charge on any atom is 0.138 e. The normalized spacial score (nSPS) is 12.4. The van der Waals surface area contributed by atoms with Gasteiger partial charge in [-0.3, -0.25) is 4.40 Å². The van der Waals surface area contributed by atoms with E-state index in [-0.39, 0.29) is 5.69 Å². The number of rotatable bonds is 6. The highest BCUT2D eigenvalue weighted by atomic mass is 16.4. The van der Waals surface area contributed by atoms with Gasteiger partial charge in [0.1, 0.15) is 30.1 Å². The molecule has 2 heterocycles. The standard InChI is InChI=1S/C19H21N3O2/c1-3-21(12-15-9-5-4-6-10-15)13-16-18(19(23)24)20-17-11-7-8-14(2)22(16)17/h4-11H,3,12-13H2,1-2H3,(H,23,24). The summed E-state index contributed by atoms with van der Waals surface area (Å²) in [6.07, 6.45) is 0. The van der Waals surface area contributed by atoms with Crippen LogP contribution in [-0.4, -0.2) is 21.9 Å². The first-order valence-corrected chi connectivity index (χ1v) is 8.16. The summed E-state index contributed by atoms with van der Waals surface area (Å²) in [5.74, 6) is -1.22. The third kappa shape index (κ3) is 3.16. The van der Waals surface area contributed by atoms with Crippen LogP contribution in [0.4, 0.5) is 0 Å². The first kappa shape index (κ1) is 16.2. The van der Waals surface area contributed by atoms with E-state index in [1.165, 1.54) is 10.5 Å². The molecule has 0 fully saturated rings. The van der Waals surface area contributed by atoms with Crippen molar-refractivity contribution >= 4 is 11.6 Å². The average molecular weight is 323 g/mol. The van der Waals surface area contributed by atoms with Crippen molar-refractivity contribution in [2.45, 2.75) is 26.9 Å². The van der Waals surface area contributed by atoms with Crippen molar-refractivity contribution in [2.75, 3.05) is 6.54 Å². The summed E-state index contributed by atoms with van der Waals surface area (Å²) in [5.41, 5.74) is 3.60. The highest BCUT2D eigenvalue weighted by Crippen LogP contribution is 2.14. The van der Waals surface area contributed by atoms with Gasteiger partial charge in [0, 0.05) is 11.3 Å². The summed E-state index contributed by atoms with van der Waals surface area (Å²) in [6.45, 7) is 6.37. The quantitative estimate of drug-likeness (QED) is 0.723. The van der Waals surface area contributed by atoms with Gasteiger partial charge < -0.3 is 14.8 Å². The minimum absolute atomic E-state index is 0.0447. The van der Waals surface area contributed by atoms with E-state index in [1.807, 2.05) is 47.7 Å². The lowest BCUT2D eigenvalue weighted by Gasteiger charge is -2.19. The number of pyridine rings is 1. The molecule has 5 nitrogen and oxygen atoms in total. The summed E-state index contributed by atoms with van der Waals surface area (Å²) in [6, 6.07) is 15.9. The summed E-state index contributed by atoms with van der Waals surface area (Å²) >= 11 is 0. The zero-order valence-corrected chi connectivity index (χ0v) is 14.0. The molecule has 124 valence electrons. The molecule has 0 amide bonds. The molecule has 1 atom stereocenters. The first-order chi connectivity index (χ1) is 11.6. The number of imidazole rings is 1. The molecule has 1 aromatic carbocycles. The monoisotopic (exact) mass is 323 g/mol. The van der Waals surface area contributed by atoms with Gasteiger partial charge in [0.25, 0.3) is 0 Å². The number of benzene rings is 1. The number of aromatic carboxylic acids is 1. The third-order valence-electron chi connectivity index (χ3n) is 4.34. The van der Waals surface area contributed by atoms with Gasteiger partial charge in [-0.1, -0.05) is 36.4 Å². The molecule has 0 aliphatic rings. The Kier molecular flexibility index (Phi) is 4.62. The molecule has 0 bridgehead atoms. The maximum atomic E-state index is 11.5. The average Bonchev–Trinajstić information content (AvgIpc) is 2.95. The van der Waals surface area contributed by atoms with Crippen molar-refractivity contribution < 1.29 is 14.8 Å². The number of hydrogen-bond acceptors (Lipinski definition) is 3. The van der Waals surface area contributed by atoms with E-state index in [9.17, 15) is 9.90 Å². The van der Waals surface area contributed by atoms with Gasteiger partial charge in [0.15, 0.2) is 0 Å². The number of fused-ring (bicyclic) bond motifs is 1. The van der Waals surface area contributed by atoms with Gasteiger partial charge in [0.2, 0.25) is 0 Å². The number of nitrogens with one attached hydrogen (secondary N) is 1. The molecule has 0 saturated carbocycles. The van der Waals surface area contributed by atoms with Gasteiger partial charge in [-0.05, 0) is 26.0 Å². The van der Waals surface area contributed by atoms with Crippen molar-refractivity contribution in [3.63, 3.8) is 0 Å². The number of quaternary nitrogens is 1. The lowest BCUT2D eigenvalue weighted by molar-refractivity contribution is -0.926. The van der Waals surface area contributed by atoms with Crippen molar-refractivity contribution in [2.24, 2.45) is 0 Å². The van der Waals surface area contributed by atoms with Gasteiger partial charge in [-0.2, -0.15) is 0 Å². The molecule has 0 spiro atoms. The number of aromatic nitrogens is 2. The minimum Gasteiger partial charge on any atom is -0.543 e. The molecule has 24 heavy (non-hydrogen) atoms. The summed E-state index contributed by atoms with van der Waals surface area (Å²) in [5, 5.41) is 11.5. The second kappa shape index (κ2) is 6.84. The van der Waals surface area contributed by atoms with E-state index in [0.717, 1.165) is 18.8 Å². The maximum absolute atomic E-state index is 11.5. The summed E-state index contributed by atoms with van der Waals surface area (Å²) in [7, 11) is 0. The van der Waals surface area contributed by atoms with Crippen LogP contribution in [0.2, 0.25) is 0 Å². The topological polar surface area (TPSA) is 61.9 Å². The fourth-order valence-corrected chi connectivity index (χ4v) is 3.09. The van der Waals surface area contributed by atoms with Crippen molar-refractivity contribution in [3.05, 3.63) is 71.2 Å². The molecule has 1 unspecified atom stereocenters. The van der Waals surface area contributed by atoms with Crippen LogP contribution in [0.15, 0.2) is 48.5 Å². The van der Waals surface area contributed by atoms with Gasteiger partial charge in [-0.25, -0.2) is 4.98 Å². The SMILES string of the molecule is CC[NH+](Cc1ccccc1)Cc1c(C(=O)[O-])nc2cccc(C)n12. The molecule has 0 radical (unpaired) electrons. The second-order valence-electron chi connectivity index (χ2n) is 6.00.